The second-order valence-corrected chi connectivity index (χ2v) is 7.43. The minimum Gasteiger partial charge on any atom is -0.378 e. The van der Waals surface area contributed by atoms with Crippen molar-refractivity contribution in [1.29, 1.82) is 0 Å². The van der Waals surface area contributed by atoms with E-state index < -0.39 is 0 Å². The quantitative estimate of drug-likeness (QED) is 0.764. The summed E-state index contributed by atoms with van der Waals surface area (Å²) in [4.78, 5) is 16.7. The number of hydrogen-bond donors (Lipinski definition) is 1. The Morgan fingerprint density at radius 3 is 2.54 bits per heavy atom. The molecule has 0 saturated heterocycles. The molecule has 0 spiro atoms. The Morgan fingerprint density at radius 2 is 1.86 bits per heavy atom. The maximum absolute atomic E-state index is 12.1. The SMILES string of the molecule is CCOCC(=O)NCC(c1ccc(N(C)C)cc1)N1CCc2ccccc2C1. The molecule has 1 amide bonds. The molecule has 0 fully saturated rings. The fourth-order valence-electron chi connectivity index (χ4n) is 3.69. The Bertz CT molecular complexity index is 774. The van der Waals surface area contributed by atoms with Gasteiger partial charge in [-0.25, -0.2) is 0 Å². The summed E-state index contributed by atoms with van der Waals surface area (Å²) < 4.78 is 5.24. The molecule has 1 N–H and O–H groups in total. The number of carbonyl (C=O) groups excluding carboxylic acids is 1. The second kappa shape index (κ2) is 9.71. The number of fused-ring (bicyclic) bond motifs is 1. The molecule has 2 aromatic rings. The topological polar surface area (TPSA) is 44.8 Å². The maximum Gasteiger partial charge on any atom is 0.246 e. The van der Waals surface area contributed by atoms with Gasteiger partial charge >= 0.3 is 0 Å². The van der Waals surface area contributed by atoms with Crippen molar-refractivity contribution in [2.75, 3.05) is 45.3 Å². The van der Waals surface area contributed by atoms with Crippen LogP contribution in [-0.4, -0.2) is 51.2 Å². The van der Waals surface area contributed by atoms with Gasteiger partial charge in [0.2, 0.25) is 5.91 Å². The van der Waals surface area contributed by atoms with Gasteiger partial charge in [-0.3, -0.25) is 9.69 Å². The van der Waals surface area contributed by atoms with E-state index in [0.717, 1.165) is 19.5 Å². The number of nitrogens with zero attached hydrogens (tertiary/aromatic N) is 2. The highest BCUT2D eigenvalue weighted by Gasteiger charge is 2.25. The number of hydrogen-bond acceptors (Lipinski definition) is 4. The molecule has 1 heterocycles. The first-order valence-electron chi connectivity index (χ1n) is 10.0. The van der Waals surface area contributed by atoms with Crippen molar-refractivity contribution in [3.63, 3.8) is 0 Å². The van der Waals surface area contributed by atoms with Crippen LogP contribution in [0.15, 0.2) is 48.5 Å². The van der Waals surface area contributed by atoms with Crippen LogP contribution < -0.4 is 10.2 Å². The average Bonchev–Trinajstić information content (AvgIpc) is 2.72. The third kappa shape index (κ3) is 5.12. The van der Waals surface area contributed by atoms with Crippen LogP contribution in [0.5, 0.6) is 0 Å². The fourth-order valence-corrected chi connectivity index (χ4v) is 3.69. The van der Waals surface area contributed by atoms with Crippen molar-refractivity contribution in [2.24, 2.45) is 0 Å². The van der Waals surface area contributed by atoms with Crippen LogP contribution in [0, 0.1) is 0 Å². The lowest BCUT2D eigenvalue weighted by molar-refractivity contribution is -0.125. The zero-order chi connectivity index (χ0) is 19.9. The first-order valence-corrected chi connectivity index (χ1v) is 10.0. The van der Waals surface area contributed by atoms with Gasteiger partial charge in [0.15, 0.2) is 0 Å². The highest BCUT2D eigenvalue weighted by Crippen LogP contribution is 2.28. The number of benzene rings is 2. The molecule has 5 heteroatoms. The van der Waals surface area contributed by atoms with Crippen LogP contribution >= 0.6 is 0 Å². The summed E-state index contributed by atoms with van der Waals surface area (Å²) in [6, 6.07) is 17.4. The highest BCUT2D eigenvalue weighted by molar-refractivity contribution is 5.77. The molecule has 1 aliphatic rings. The molecule has 1 atom stereocenters. The smallest absolute Gasteiger partial charge is 0.246 e. The van der Waals surface area contributed by atoms with E-state index in [0.29, 0.717) is 13.2 Å². The summed E-state index contributed by atoms with van der Waals surface area (Å²) in [6.07, 6.45) is 1.04. The monoisotopic (exact) mass is 381 g/mol. The first kappa shape index (κ1) is 20.4. The molecule has 0 bridgehead atoms. The van der Waals surface area contributed by atoms with E-state index in [1.807, 2.05) is 21.0 Å². The summed E-state index contributed by atoms with van der Waals surface area (Å²) in [5, 5.41) is 3.06. The molecule has 28 heavy (non-hydrogen) atoms. The Labute approximate surface area is 168 Å². The van der Waals surface area contributed by atoms with Crippen LogP contribution in [0.4, 0.5) is 5.69 Å². The zero-order valence-corrected chi connectivity index (χ0v) is 17.1. The molecule has 3 rings (SSSR count). The lowest BCUT2D eigenvalue weighted by Crippen LogP contribution is -2.41. The zero-order valence-electron chi connectivity index (χ0n) is 17.1. The van der Waals surface area contributed by atoms with Crippen LogP contribution in [-0.2, 0) is 22.5 Å². The number of nitrogens with one attached hydrogen (secondary N) is 1. The van der Waals surface area contributed by atoms with Crippen molar-refractivity contribution in [3.8, 4) is 0 Å². The lowest BCUT2D eigenvalue weighted by atomic mass is 9.96. The maximum atomic E-state index is 12.1. The second-order valence-electron chi connectivity index (χ2n) is 7.43. The van der Waals surface area contributed by atoms with E-state index in [1.54, 1.807) is 0 Å². The van der Waals surface area contributed by atoms with Gasteiger partial charge in [0.25, 0.3) is 0 Å². The van der Waals surface area contributed by atoms with Gasteiger partial charge in [-0.05, 0) is 42.2 Å². The van der Waals surface area contributed by atoms with Crippen LogP contribution in [0.1, 0.15) is 29.7 Å². The van der Waals surface area contributed by atoms with Gasteiger partial charge in [-0.1, -0.05) is 36.4 Å². The van der Waals surface area contributed by atoms with Crippen LogP contribution in [0.3, 0.4) is 0 Å². The minimum absolute atomic E-state index is 0.0610. The summed E-state index contributed by atoms with van der Waals surface area (Å²) in [6.45, 7) is 5.02. The average molecular weight is 382 g/mol. The Kier molecular flexibility index (Phi) is 7.06. The van der Waals surface area contributed by atoms with Crippen LogP contribution in [0.2, 0.25) is 0 Å². The van der Waals surface area contributed by atoms with Crippen molar-refractivity contribution in [3.05, 3.63) is 65.2 Å². The van der Waals surface area contributed by atoms with Crippen molar-refractivity contribution < 1.29 is 9.53 Å². The molecular formula is C23H31N3O2. The van der Waals surface area contributed by atoms with Crippen LogP contribution in [0.25, 0.3) is 0 Å². The van der Waals surface area contributed by atoms with Crippen molar-refractivity contribution in [2.45, 2.75) is 25.9 Å². The molecule has 0 aliphatic carbocycles. The van der Waals surface area contributed by atoms with Gasteiger partial charge < -0.3 is 15.0 Å². The standard InChI is InChI=1S/C23H31N3O2/c1-4-28-17-23(27)24-15-22(19-9-11-21(12-10-19)25(2)3)26-14-13-18-7-5-6-8-20(18)16-26/h5-12,22H,4,13-17H2,1-3H3,(H,24,27). The van der Waals surface area contributed by atoms with E-state index in [1.165, 1.54) is 22.4 Å². The van der Waals surface area contributed by atoms with E-state index in [4.69, 9.17) is 4.74 Å². The van der Waals surface area contributed by atoms with Gasteiger partial charge in [0.05, 0.1) is 6.04 Å². The van der Waals surface area contributed by atoms with Gasteiger partial charge in [-0.15, -0.1) is 0 Å². The number of amides is 1. The molecular weight excluding hydrogens is 350 g/mol. The number of ether oxygens (including phenoxy) is 1. The normalized spacial score (nSPS) is 15.0. The molecule has 5 nitrogen and oxygen atoms in total. The summed E-state index contributed by atoms with van der Waals surface area (Å²) in [5.41, 5.74) is 5.21. The summed E-state index contributed by atoms with van der Waals surface area (Å²) >= 11 is 0. The predicted octanol–water partition coefficient (Wildman–Crippen LogP) is 3.00. The number of carbonyl (C=O) groups is 1. The Hall–Kier alpha value is -2.37. The number of anilines is 1. The third-order valence-corrected chi connectivity index (χ3v) is 5.33. The molecule has 150 valence electrons. The first-order chi connectivity index (χ1) is 13.6. The lowest BCUT2D eigenvalue weighted by Gasteiger charge is -2.36. The molecule has 0 radical (unpaired) electrons. The highest BCUT2D eigenvalue weighted by atomic mass is 16.5. The Morgan fingerprint density at radius 1 is 1.14 bits per heavy atom. The van der Waals surface area contributed by atoms with E-state index >= 15 is 0 Å². The molecule has 0 saturated carbocycles. The molecule has 2 aromatic carbocycles. The van der Waals surface area contributed by atoms with Gasteiger partial charge in [0, 0.05) is 46.0 Å². The molecule has 0 aromatic heterocycles. The van der Waals surface area contributed by atoms with Crippen molar-refractivity contribution >= 4 is 11.6 Å². The van der Waals surface area contributed by atoms with Gasteiger partial charge in [0.1, 0.15) is 6.61 Å². The Balaban J connectivity index is 1.77. The van der Waals surface area contributed by atoms with Gasteiger partial charge in [-0.2, -0.15) is 0 Å². The third-order valence-electron chi connectivity index (χ3n) is 5.33. The minimum atomic E-state index is -0.0610. The molecule has 1 unspecified atom stereocenters. The molecule has 1 aliphatic heterocycles. The predicted molar refractivity (Wildman–Crippen MR) is 114 cm³/mol. The van der Waals surface area contributed by atoms with Crippen molar-refractivity contribution in [1.82, 2.24) is 10.2 Å². The van der Waals surface area contributed by atoms with E-state index in [-0.39, 0.29) is 18.6 Å². The van der Waals surface area contributed by atoms with E-state index in [2.05, 4.69) is 63.6 Å². The number of rotatable bonds is 8. The largest absolute Gasteiger partial charge is 0.378 e. The summed E-state index contributed by atoms with van der Waals surface area (Å²) in [5.74, 6) is -0.0610. The summed E-state index contributed by atoms with van der Waals surface area (Å²) in [7, 11) is 4.09. The van der Waals surface area contributed by atoms with E-state index in [9.17, 15) is 4.79 Å². The fraction of sp³-hybridized carbons (Fsp3) is 0.435.